The van der Waals surface area contributed by atoms with Crippen LogP contribution in [0.4, 0.5) is 59.9 Å². The van der Waals surface area contributed by atoms with Crippen molar-refractivity contribution in [1.29, 1.82) is 0 Å². The lowest BCUT2D eigenvalue weighted by atomic mass is 9.87. The zero-order chi connectivity index (χ0) is 37.9. The van der Waals surface area contributed by atoms with E-state index in [4.69, 9.17) is 4.74 Å². The van der Waals surface area contributed by atoms with Crippen molar-refractivity contribution in [3.05, 3.63) is 41.0 Å². The van der Waals surface area contributed by atoms with Gasteiger partial charge < -0.3 is 20.7 Å². The number of amides is 2. The van der Waals surface area contributed by atoms with Crippen LogP contribution in [0.1, 0.15) is 66.9 Å². The van der Waals surface area contributed by atoms with Crippen molar-refractivity contribution in [2.24, 2.45) is 18.4 Å². The van der Waals surface area contributed by atoms with Gasteiger partial charge in [0.05, 0.1) is 11.3 Å². The quantitative estimate of drug-likeness (QED) is 0.183. The van der Waals surface area contributed by atoms with E-state index in [1.807, 2.05) is 0 Å². The van der Waals surface area contributed by atoms with Gasteiger partial charge in [0, 0.05) is 19.6 Å². The summed E-state index contributed by atoms with van der Waals surface area (Å²) >= 11 is 0. The number of rotatable bonds is 10. The van der Waals surface area contributed by atoms with Crippen molar-refractivity contribution in [2.45, 2.75) is 83.5 Å². The first-order valence-corrected chi connectivity index (χ1v) is 15.6. The molecule has 1 aromatic carbocycles. The number of pyridine rings is 1. The molecule has 2 aliphatic rings. The zero-order valence-electron chi connectivity index (χ0n) is 27.0. The van der Waals surface area contributed by atoms with Crippen LogP contribution in [0.25, 0.3) is 11.2 Å². The molecule has 0 radical (unpaired) electrons. The van der Waals surface area contributed by atoms with E-state index in [1.165, 1.54) is 17.7 Å². The summed E-state index contributed by atoms with van der Waals surface area (Å²) in [5, 5.41) is 7.59. The molecule has 0 aliphatic heterocycles. The number of hydrogen-bond acceptors (Lipinski definition) is 6. The molecule has 3 N–H and O–H groups in total. The monoisotopic (exact) mass is 746 g/mol. The minimum absolute atomic E-state index is 0.00123. The van der Waals surface area contributed by atoms with Gasteiger partial charge in [0.2, 0.25) is 17.7 Å². The Bertz CT molecular complexity index is 1700. The van der Waals surface area contributed by atoms with E-state index in [-0.39, 0.29) is 47.1 Å². The van der Waals surface area contributed by atoms with Crippen molar-refractivity contribution in [1.82, 2.24) is 25.2 Å². The number of hydrogen-bond donors (Lipinski definition) is 3. The third kappa shape index (κ3) is 9.69. The van der Waals surface area contributed by atoms with Crippen LogP contribution < -0.4 is 20.7 Å². The predicted octanol–water partition coefficient (Wildman–Crippen LogP) is 7.82. The van der Waals surface area contributed by atoms with E-state index < -0.39 is 73.0 Å². The average Bonchev–Trinajstić information content (AvgIpc) is 3.80. The highest BCUT2D eigenvalue weighted by Gasteiger charge is 2.68. The Balaban J connectivity index is 0.00000138. The molecule has 2 aromatic heterocycles. The minimum Gasteiger partial charge on any atom is -0.471 e. The first-order chi connectivity index (χ1) is 23.7. The largest absolute Gasteiger partial charge is 0.471 e. The number of nitrogens with zero attached hydrogens (tertiary/aromatic N) is 3. The van der Waals surface area contributed by atoms with Gasteiger partial charge in [-0.05, 0) is 68.2 Å². The second-order valence-electron chi connectivity index (χ2n) is 12.3. The molecule has 2 saturated carbocycles. The smallest absolute Gasteiger partial charge is 0.418 e. The summed E-state index contributed by atoms with van der Waals surface area (Å²) < 4.78 is 143. The van der Waals surface area contributed by atoms with Crippen LogP contribution >= 0.6 is 0 Å². The SMILES string of the molecule is CC1CCC(NC(=O)c2cc3nc(Nc4cc(CNC(=O)C5(C(F)(F)F)CC5)ccc4C(F)(F)F)n(C)c3nc2OCC(F)F)CC1.FC(F)F. The molecule has 0 bridgehead atoms. The maximum absolute atomic E-state index is 14.0. The Morgan fingerprint density at radius 2 is 1.61 bits per heavy atom. The van der Waals surface area contributed by atoms with Gasteiger partial charge in [0.15, 0.2) is 12.3 Å². The number of benzene rings is 1. The molecule has 282 valence electrons. The van der Waals surface area contributed by atoms with E-state index >= 15 is 0 Å². The maximum atomic E-state index is 14.0. The summed E-state index contributed by atoms with van der Waals surface area (Å²) in [6.07, 6.45) is -10.0. The fraction of sp³-hybridized carbons (Fsp3) is 0.548. The molecular formula is C31H33F11N6O3. The van der Waals surface area contributed by atoms with E-state index in [9.17, 15) is 57.9 Å². The Labute approximate surface area is 283 Å². The molecule has 51 heavy (non-hydrogen) atoms. The van der Waals surface area contributed by atoms with Crippen LogP contribution in [0.3, 0.4) is 0 Å². The number of imidazole rings is 1. The van der Waals surface area contributed by atoms with Crippen LogP contribution in [0.5, 0.6) is 5.88 Å². The maximum Gasteiger partial charge on any atom is 0.418 e. The lowest BCUT2D eigenvalue weighted by molar-refractivity contribution is -0.192. The first kappa shape index (κ1) is 39.4. The molecule has 2 heterocycles. The highest BCUT2D eigenvalue weighted by molar-refractivity contribution is 5.99. The van der Waals surface area contributed by atoms with E-state index in [0.717, 1.165) is 37.8 Å². The highest BCUT2D eigenvalue weighted by atomic mass is 19.4. The number of carbonyl (C=O) groups is 2. The minimum atomic E-state index is -4.86. The lowest BCUT2D eigenvalue weighted by Gasteiger charge is -2.27. The Morgan fingerprint density at radius 3 is 2.16 bits per heavy atom. The second-order valence-corrected chi connectivity index (χ2v) is 12.3. The number of fused-ring (bicyclic) bond motifs is 1. The molecule has 2 fully saturated rings. The number of halogens is 11. The molecule has 0 unspecified atom stereocenters. The van der Waals surface area contributed by atoms with Crippen molar-refractivity contribution in [2.75, 3.05) is 11.9 Å². The molecule has 9 nitrogen and oxygen atoms in total. The summed E-state index contributed by atoms with van der Waals surface area (Å²) in [4.78, 5) is 34.0. The highest BCUT2D eigenvalue weighted by Crippen LogP contribution is 2.57. The van der Waals surface area contributed by atoms with Crippen molar-refractivity contribution in [3.63, 3.8) is 0 Å². The fourth-order valence-electron chi connectivity index (χ4n) is 5.58. The number of nitrogens with one attached hydrogen (secondary N) is 3. The Hall–Kier alpha value is -4.39. The summed E-state index contributed by atoms with van der Waals surface area (Å²) in [5.41, 5.74) is -4.23. The number of anilines is 2. The van der Waals surface area contributed by atoms with Gasteiger partial charge in [-0.2, -0.15) is 44.5 Å². The summed E-state index contributed by atoms with van der Waals surface area (Å²) in [7, 11) is 1.38. The predicted molar refractivity (Wildman–Crippen MR) is 160 cm³/mol. The van der Waals surface area contributed by atoms with Crippen LogP contribution in [-0.2, 0) is 24.6 Å². The number of aromatic nitrogens is 3. The molecule has 0 saturated heterocycles. The van der Waals surface area contributed by atoms with Crippen LogP contribution in [-0.4, -0.2) is 58.3 Å². The van der Waals surface area contributed by atoms with Crippen LogP contribution in [0.2, 0.25) is 0 Å². The lowest BCUT2D eigenvalue weighted by Crippen LogP contribution is -2.40. The van der Waals surface area contributed by atoms with E-state index in [2.05, 4.69) is 32.8 Å². The number of ether oxygens (including phenoxy) is 1. The van der Waals surface area contributed by atoms with E-state index in [0.29, 0.717) is 12.0 Å². The van der Waals surface area contributed by atoms with Gasteiger partial charge in [-0.1, -0.05) is 13.0 Å². The van der Waals surface area contributed by atoms with Gasteiger partial charge in [-0.25, -0.2) is 13.8 Å². The Morgan fingerprint density at radius 1 is 0.980 bits per heavy atom. The van der Waals surface area contributed by atoms with Gasteiger partial charge in [0.25, 0.3) is 12.3 Å². The van der Waals surface area contributed by atoms with Crippen LogP contribution in [0, 0.1) is 11.3 Å². The molecule has 0 atom stereocenters. The zero-order valence-corrected chi connectivity index (χ0v) is 27.0. The average molecular weight is 747 g/mol. The molecule has 2 aliphatic carbocycles. The number of carbonyl (C=O) groups excluding carboxylic acids is 2. The second kappa shape index (κ2) is 15.5. The molecular weight excluding hydrogens is 713 g/mol. The summed E-state index contributed by atoms with van der Waals surface area (Å²) in [6, 6.07) is 3.86. The standard InChI is InChI=1S/C30H32F8N6O3.CHF3/c1-15-3-6-17(7-4-15)40-24(45)18-12-21-23(43-25(18)47-14-22(31)32)44(2)27(42-21)41-20-11-16(5-8-19(20)29(33,34)35)13-39-26(46)28(9-10-28)30(36,37)38;2-1(3)4/h5,8,11-12,15,17,22H,3-4,6-7,9-10,13-14H2,1-2H3,(H,39,46)(H,40,45)(H,41,42);1H. The van der Waals surface area contributed by atoms with Crippen molar-refractivity contribution in [3.8, 4) is 5.88 Å². The number of alkyl halides is 11. The molecule has 20 heteroatoms. The van der Waals surface area contributed by atoms with E-state index in [1.54, 1.807) is 0 Å². The number of aryl methyl sites for hydroxylation is 1. The van der Waals surface area contributed by atoms with Gasteiger partial charge in [-0.3, -0.25) is 14.2 Å². The van der Waals surface area contributed by atoms with Gasteiger partial charge >= 0.3 is 19.0 Å². The molecule has 5 rings (SSSR count). The molecule has 0 spiro atoms. The van der Waals surface area contributed by atoms with Gasteiger partial charge in [0.1, 0.15) is 16.5 Å². The third-order valence-electron chi connectivity index (χ3n) is 8.57. The molecule has 2 amide bonds. The Kier molecular flexibility index (Phi) is 11.9. The fourth-order valence-corrected chi connectivity index (χ4v) is 5.58. The van der Waals surface area contributed by atoms with Crippen LogP contribution in [0.15, 0.2) is 24.3 Å². The van der Waals surface area contributed by atoms with Crippen molar-refractivity contribution < 1.29 is 62.6 Å². The van der Waals surface area contributed by atoms with Crippen molar-refractivity contribution >= 4 is 34.6 Å². The first-order valence-electron chi connectivity index (χ1n) is 15.6. The summed E-state index contributed by atoms with van der Waals surface area (Å²) in [5.74, 6) is -1.98. The van der Waals surface area contributed by atoms with Gasteiger partial charge in [-0.15, -0.1) is 0 Å². The third-order valence-corrected chi connectivity index (χ3v) is 8.57. The normalized spacial score (nSPS) is 18.6. The topological polar surface area (TPSA) is 110 Å². The molecule has 3 aromatic rings. The summed E-state index contributed by atoms with van der Waals surface area (Å²) in [6.45, 7) is -3.10.